The van der Waals surface area contributed by atoms with Gasteiger partial charge in [-0.05, 0) is 31.7 Å². The first kappa shape index (κ1) is 17.1. The Hall–Kier alpha value is -1.73. The fraction of sp³-hybridized carbons (Fsp3) is 0.706. The molecular formula is C17H26N4O3. The molecule has 1 amide bonds. The molecule has 0 bridgehead atoms. The summed E-state index contributed by atoms with van der Waals surface area (Å²) in [6, 6.07) is 3.47. The second-order valence-electron chi connectivity index (χ2n) is 6.67. The topological polar surface area (TPSA) is 67.7 Å². The van der Waals surface area contributed by atoms with Crippen molar-refractivity contribution in [2.24, 2.45) is 7.05 Å². The van der Waals surface area contributed by atoms with Crippen LogP contribution in [0.5, 0.6) is 0 Å². The summed E-state index contributed by atoms with van der Waals surface area (Å²) in [5.74, 6) is -0.0814. The average molecular weight is 334 g/mol. The number of carbonyl (C=O) groups excluding carboxylic acids is 1. The number of carbonyl (C=O) groups is 1. The lowest BCUT2D eigenvalue weighted by Crippen LogP contribution is -2.49. The maximum Gasteiger partial charge on any atom is 0.274 e. The zero-order valence-electron chi connectivity index (χ0n) is 14.5. The Morgan fingerprint density at radius 3 is 2.38 bits per heavy atom. The minimum absolute atomic E-state index is 0.0814. The highest BCUT2D eigenvalue weighted by Gasteiger charge is 2.30. The Morgan fingerprint density at radius 1 is 1.12 bits per heavy atom. The summed E-state index contributed by atoms with van der Waals surface area (Å²) in [4.78, 5) is 28.3. The first-order valence-corrected chi connectivity index (χ1v) is 8.69. The molecule has 0 aromatic carbocycles. The summed E-state index contributed by atoms with van der Waals surface area (Å²) in [6.45, 7) is 3.66. The highest BCUT2D eigenvalue weighted by Crippen LogP contribution is 2.22. The van der Waals surface area contributed by atoms with Crippen LogP contribution in [0.25, 0.3) is 0 Å². The SMILES string of the molecule is COC1CCN(C2CCN(C(=O)c3ccc(=O)n(C)n3)CC2)CC1. The van der Waals surface area contributed by atoms with Crippen LogP contribution in [0, 0.1) is 0 Å². The number of piperidine rings is 2. The van der Waals surface area contributed by atoms with E-state index in [1.165, 1.54) is 16.8 Å². The van der Waals surface area contributed by atoms with Gasteiger partial charge in [-0.1, -0.05) is 0 Å². The molecular weight excluding hydrogens is 308 g/mol. The van der Waals surface area contributed by atoms with Crippen molar-refractivity contribution in [3.63, 3.8) is 0 Å². The Bertz CT molecular complexity index is 629. The lowest BCUT2D eigenvalue weighted by Gasteiger charge is -2.41. The lowest BCUT2D eigenvalue weighted by molar-refractivity contribution is 0.0144. The molecule has 0 aliphatic carbocycles. The van der Waals surface area contributed by atoms with E-state index in [4.69, 9.17) is 4.74 Å². The molecule has 0 spiro atoms. The van der Waals surface area contributed by atoms with Gasteiger partial charge >= 0.3 is 0 Å². The van der Waals surface area contributed by atoms with Gasteiger partial charge in [0.05, 0.1) is 6.10 Å². The van der Waals surface area contributed by atoms with Gasteiger partial charge in [0.1, 0.15) is 5.69 Å². The number of amides is 1. The monoisotopic (exact) mass is 334 g/mol. The molecule has 2 fully saturated rings. The molecule has 7 heteroatoms. The highest BCUT2D eigenvalue weighted by atomic mass is 16.5. The Balaban J connectivity index is 1.54. The summed E-state index contributed by atoms with van der Waals surface area (Å²) in [7, 11) is 3.35. The Morgan fingerprint density at radius 2 is 1.79 bits per heavy atom. The average Bonchev–Trinajstić information content (AvgIpc) is 2.63. The van der Waals surface area contributed by atoms with Crippen LogP contribution in [-0.4, -0.2) is 70.9 Å². The predicted octanol–water partition coefficient (Wildman–Crippen LogP) is 0.496. The lowest BCUT2D eigenvalue weighted by atomic mass is 9.98. The van der Waals surface area contributed by atoms with Gasteiger partial charge in [-0.2, -0.15) is 5.10 Å². The maximum atomic E-state index is 12.5. The van der Waals surface area contributed by atoms with Crippen LogP contribution in [0.4, 0.5) is 0 Å². The van der Waals surface area contributed by atoms with Crippen molar-refractivity contribution in [1.29, 1.82) is 0 Å². The normalized spacial score (nSPS) is 21.2. The number of methoxy groups -OCH3 is 1. The fourth-order valence-corrected chi connectivity index (χ4v) is 3.69. The van der Waals surface area contributed by atoms with Crippen molar-refractivity contribution in [2.45, 2.75) is 37.8 Å². The van der Waals surface area contributed by atoms with E-state index in [1.807, 2.05) is 4.90 Å². The van der Waals surface area contributed by atoms with E-state index in [-0.39, 0.29) is 11.5 Å². The number of ether oxygens (including phenoxy) is 1. The van der Waals surface area contributed by atoms with Gasteiger partial charge in [0.15, 0.2) is 0 Å². The van der Waals surface area contributed by atoms with E-state index >= 15 is 0 Å². The van der Waals surface area contributed by atoms with Gasteiger partial charge in [0.25, 0.3) is 11.5 Å². The number of aryl methyl sites for hydroxylation is 1. The molecule has 2 aliphatic heterocycles. The van der Waals surface area contributed by atoms with E-state index in [0.717, 1.165) is 51.9 Å². The third-order valence-electron chi connectivity index (χ3n) is 5.26. The number of hydrogen-bond donors (Lipinski definition) is 0. The zero-order valence-corrected chi connectivity index (χ0v) is 14.5. The number of nitrogens with zero attached hydrogens (tertiary/aromatic N) is 4. The minimum Gasteiger partial charge on any atom is -0.381 e. The highest BCUT2D eigenvalue weighted by molar-refractivity contribution is 5.92. The van der Waals surface area contributed by atoms with Crippen molar-refractivity contribution in [3.05, 3.63) is 28.2 Å². The predicted molar refractivity (Wildman–Crippen MR) is 90.0 cm³/mol. The van der Waals surface area contributed by atoms with E-state index in [0.29, 0.717) is 17.8 Å². The molecule has 1 aromatic heterocycles. The van der Waals surface area contributed by atoms with Crippen LogP contribution in [0.1, 0.15) is 36.2 Å². The van der Waals surface area contributed by atoms with Crippen molar-refractivity contribution in [2.75, 3.05) is 33.3 Å². The van der Waals surface area contributed by atoms with Gasteiger partial charge in [-0.25, -0.2) is 4.68 Å². The van der Waals surface area contributed by atoms with E-state index in [1.54, 1.807) is 14.2 Å². The molecule has 2 aliphatic rings. The number of rotatable bonds is 3. The standard InChI is InChI=1S/C17H26N4O3/c1-19-16(22)4-3-15(18-19)17(23)21-9-5-13(6-10-21)20-11-7-14(24-2)8-12-20/h3-4,13-14H,5-12H2,1-2H3. The van der Waals surface area contributed by atoms with Crippen LogP contribution < -0.4 is 5.56 Å². The minimum atomic E-state index is -0.204. The van der Waals surface area contributed by atoms with Gasteiger partial charge < -0.3 is 14.5 Å². The first-order valence-electron chi connectivity index (χ1n) is 8.69. The van der Waals surface area contributed by atoms with Gasteiger partial charge in [-0.15, -0.1) is 0 Å². The summed E-state index contributed by atoms with van der Waals surface area (Å²) in [5.41, 5.74) is 0.140. The smallest absolute Gasteiger partial charge is 0.274 e. The second-order valence-corrected chi connectivity index (χ2v) is 6.67. The molecule has 24 heavy (non-hydrogen) atoms. The van der Waals surface area contributed by atoms with E-state index in [9.17, 15) is 9.59 Å². The molecule has 132 valence electrons. The van der Waals surface area contributed by atoms with E-state index < -0.39 is 0 Å². The van der Waals surface area contributed by atoms with Crippen molar-refractivity contribution in [1.82, 2.24) is 19.6 Å². The summed E-state index contributed by atoms with van der Waals surface area (Å²) >= 11 is 0. The fourth-order valence-electron chi connectivity index (χ4n) is 3.69. The van der Waals surface area contributed by atoms with Gasteiger partial charge in [-0.3, -0.25) is 9.59 Å². The van der Waals surface area contributed by atoms with Crippen LogP contribution in [0.3, 0.4) is 0 Å². The van der Waals surface area contributed by atoms with Gasteiger partial charge in [0.2, 0.25) is 0 Å². The number of likely N-dealkylation sites (tertiary alicyclic amines) is 2. The summed E-state index contributed by atoms with van der Waals surface area (Å²) < 4.78 is 6.64. The summed E-state index contributed by atoms with van der Waals surface area (Å²) in [5, 5.41) is 4.06. The van der Waals surface area contributed by atoms with Crippen molar-refractivity contribution < 1.29 is 9.53 Å². The van der Waals surface area contributed by atoms with Crippen LogP contribution in [-0.2, 0) is 11.8 Å². The molecule has 3 heterocycles. The molecule has 0 atom stereocenters. The first-order chi connectivity index (χ1) is 11.6. The van der Waals surface area contributed by atoms with Crippen LogP contribution in [0.15, 0.2) is 16.9 Å². The molecule has 0 radical (unpaired) electrons. The van der Waals surface area contributed by atoms with Crippen molar-refractivity contribution >= 4 is 5.91 Å². The van der Waals surface area contributed by atoms with Gasteiger partial charge in [0, 0.05) is 52.4 Å². The third-order valence-corrected chi connectivity index (χ3v) is 5.26. The largest absolute Gasteiger partial charge is 0.381 e. The Kier molecular flexibility index (Phi) is 5.30. The Labute approximate surface area is 142 Å². The second kappa shape index (κ2) is 7.44. The third kappa shape index (κ3) is 3.67. The number of hydrogen-bond acceptors (Lipinski definition) is 5. The van der Waals surface area contributed by atoms with Crippen molar-refractivity contribution in [3.8, 4) is 0 Å². The molecule has 0 saturated carbocycles. The van der Waals surface area contributed by atoms with Crippen LogP contribution in [0.2, 0.25) is 0 Å². The summed E-state index contributed by atoms with van der Waals surface area (Å²) in [6.07, 6.45) is 4.58. The number of aromatic nitrogens is 2. The quantitative estimate of drug-likeness (QED) is 0.805. The maximum absolute atomic E-state index is 12.5. The molecule has 2 saturated heterocycles. The zero-order chi connectivity index (χ0) is 17.1. The molecule has 0 N–H and O–H groups in total. The molecule has 0 unspecified atom stereocenters. The van der Waals surface area contributed by atoms with E-state index in [2.05, 4.69) is 10.00 Å². The van der Waals surface area contributed by atoms with Crippen LogP contribution >= 0.6 is 0 Å². The molecule has 1 aromatic rings. The molecule has 7 nitrogen and oxygen atoms in total. The molecule has 3 rings (SSSR count).